The zero-order valence-corrected chi connectivity index (χ0v) is 8.93. The molecule has 1 fully saturated rings. The van der Waals surface area contributed by atoms with Gasteiger partial charge in [-0.3, -0.25) is 4.79 Å². The Bertz CT molecular complexity index is 535. The second-order valence-electron chi connectivity index (χ2n) is 3.80. The lowest BCUT2D eigenvalue weighted by Crippen LogP contribution is -2.50. The molecule has 5 heteroatoms. The standard InChI is InChI=1S/C12H9N3O2/c13-5-9-3-1-2-4-10(9)15-11(16)12(6-14)7-17-8-12/h1-4H,7-8H2,(H,15,16). The molecule has 1 N–H and O–H groups in total. The molecule has 0 spiro atoms. The van der Waals surface area contributed by atoms with Gasteiger partial charge in [-0.15, -0.1) is 0 Å². The number of rotatable bonds is 2. The number of nitrogens with zero attached hydrogens (tertiary/aromatic N) is 2. The van der Waals surface area contributed by atoms with Crippen molar-refractivity contribution in [2.45, 2.75) is 0 Å². The van der Waals surface area contributed by atoms with E-state index in [2.05, 4.69) is 5.32 Å². The van der Waals surface area contributed by atoms with Gasteiger partial charge in [-0.05, 0) is 12.1 Å². The maximum atomic E-state index is 11.9. The number of nitrogens with one attached hydrogen (secondary N) is 1. The van der Waals surface area contributed by atoms with Crippen molar-refractivity contribution >= 4 is 11.6 Å². The molecule has 2 rings (SSSR count). The highest BCUT2D eigenvalue weighted by atomic mass is 16.5. The number of hydrogen-bond acceptors (Lipinski definition) is 4. The zero-order chi connectivity index (χ0) is 12.3. The third kappa shape index (κ3) is 1.84. The number of benzene rings is 1. The smallest absolute Gasteiger partial charge is 0.249 e. The monoisotopic (exact) mass is 227 g/mol. The number of carbonyl (C=O) groups is 1. The van der Waals surface area contributed by atoms with Gasteiger partial charge in [0.2, 0.25) is 5.91 Å². The van der Waals surface area contributed by atoms with E-state index in [9.17, 15) is 4.79 Å². The first-order chi connectivity index (χ1) is 8.22. The first-order valence-electron chi connectivity index (χ1n) is 5.01. The van der Waals surface area contributed by atoms with Crippen LogP contribution >= 0.6 is 0 Å². The Kier molecular flexibility index (Phi) is 2.78. The number of ether oxygens (including phenoxy) is 1. The molecule has 0 unspecified atom stereocenters. The number of amides is 1. The summed E-state index contributed by atoms with van der Waals surface area (Å²) in [6, 6.07) is 10.6. The zero-order valence-electron chi connectivity index (χ0n) is 8.93. The van der Waals surface area contributed by atoms with Crippen molar-refractivity contribution in [2.24, 2.45) is 5.41 Å². The molecule has 1 aliphatic rings. The molecule has 84 valence electrons. The number of para-hydroxylation sites is 1. The Hall–Kier alpha value is -2.37. The molecule has 5 nitrogen and oxygen atoms in total. The van der Waals surface area contributed by atoms with Gasteiger partial charge in [0.1, 0.15) is 6.07 Å². The Balaban J connectivity index is 2.20. The van der Waals surface area contributed by atoms with Gasteiger partial charge >= 0.3 is 0 Å². The molecule has 0 aromatic heterocycles. The van der Waals surface area contributed by atoms with Gasteiger partial charge in [0.05, 0.1) is 30.5 Å². The first-order valence-corrected chi connectivity index (χ1v) is 5.01. The molecular formula is C12H9N3O2. The summed E-state index contributed by atoms with van der Waals surface area (Å²) in [6.45, 7) is 0.202. The highest BCUT2D eigenvalue weighted by molar-refractivity contribution is 5.98. The summed E-state index contributed by atoms with van der Waals surface area (Å²) in [6.07, 6.45) is 0. The molecule has 1 aromatic rings. The van der Waals surface area contributed by atoms with Crippen LogP contribution < -0.4 is 5.32 Å². The lowest BCUT2D eigenvalue weighted by atomic mass is 9.86. The maximum absolute atomic E-state index is 11.9. The number of carbonyl (C=O) groups excluding carboxylic acids is 1. The van der Waals surface area contributed by atoms with E-state index in [1.807, 2.05) is 12.1 Å². The van der Waals surface area contributed by atoms with Crippen LogP contribution in [0.5, 0.6) is 0 Å². The van der Waals surface area contributed by atoms with E-state index in [1.54, 1.807) is 24.3 Å². The van der Waals surface area contributed by atoms with Gasteiger partial charge < -0.3 is 10.1 Å². The minimum absolute atomic E-state index is 0.101. The number of anilines is 1. The molecule has 0 radical (unpaired) electrons. The van der Waals surface area contributed by atoms with Crippen LogP contribution in [0.2, 0.25) is 0 Å². The van der Waals surface area contributed by atoms with E-state index < -0.39 is 11.3 Å². The van der Waals surface area contributed by atoms with Crippen LogP contribution in [0, 0.1) is 28.1 Å². The molecule has 1 heterocycles. The van der Waals surface area contributed by atoms with Crippen LogP contribution in [0.4, 0.5) is 5.69 Å². The van der Waals surface area contributed by atoms with Gasteiger partial charge in [0, 0.05) is 0 Å². The summed E-state index contributed by atoms with van der Waals surface area (Å²) in [4.78, 5) is 11.9. The molecular weight excluding hydrogens is 218 g/mol. The second-order valence-corrected chi connectivity index (χ2v) is 3.80. The molecule has 0 saturated carbocycles. The van der Waals surface area contributed by atoms with E-state index in [4.69, 9.17) is 15.3 Å². The normalized spacial score (nSPS) is 16.1. The van der Waals surface area contributed by atoms with E-state index in [0.717, 1.165) is 0 Å². The summed E-state index contributed by atoms with van der Waals surface area (Å²) in [7, 11) is 0. The SMILES string of the molecule is N#Cc1ccccc1NC(=O)C1(C#N)COC1. The molecule has 1 saturated heterocycles. The summed E-state index contributed by atoms with van der Waals surface area (Å²) in [5.74, 6) is -0.422. The minimum atomic E-state index is -1.11. The van der Waals surface area contributed by atoms with Crippen molar-refractivity contribution in [3.05, 3.63) is 29.8 Å². The fourth-order valence-corrected chi connectivity index (χ4v) is 1.48. The number of hydrogen-bond donors (Lipinski definition) is 1. The topological polar surface area (TPSA) is 85.9 Å². The van der Waals surface area contributed by atoms with Gasteiger partial charge in [-0.2, -0.15) is 10.5 Å². The Morgan fingerprint density at radius 2 is 2.06 bits per heavy atom. The summed E-state index contributed by atoms with van der Waals surface area (Å²) < 4.78 is 4.90. The van der Waals surface area contributed by atoms with Crippen LogP contribution in [-0.4, -0.2) is 19.1 Å². The van der Waals surface area contributed by atoms with Crippen LogP contribution in [0.1, 0.15) is 5.56 Å². The molecule has 0 atom stereocenters. The van der Waals surface area contributed by atoms with Crippen molar-refractivity contribution in [2.75, 3.05) is 18.5 Å². The van der Waals surface area contributed by atoms with E-state index >= 15 is 0 Å². The van der Waals surface area contributed by atoms with Gasteiger partial charge in [0.15, 0.2) is 5.41 Å². The highest BCUT2D eigenvalue weighted by Crippen LogP contribution is 2.28. The predicted octanol–water partition coefficient (Wildman–Crippen LogP) is 1.04. The average molecular weight is 227 g/mol. The van der Waals surface area contributed by atoms with Crippen LogP contribution in [0.25, 0.3) is 0 Å². The Morgan fingerprint density at radius 3 is 2.59 bits per heavy atom. The lowest BCUT2D eigenvalue weighted by molar-refractivity contribution is -0.144. The predicted molar refractivity (Wildman–Crippen MR) is 58.7 cm³/mol. The molecule has 0 bridgehead atoms. The molecule has 1 amide bonds. The Labute approximate surface area is 98.2 Å². The minimum Gasteiger partial charge on any atom is -0.377 e. The molecule has 1 aliphatic heterocycles. The van der Waals surface area contributed by atoms with E-state index in [1.165, 1.54) is 0 Å². The van der Waals surface area contributed by atoms with Crippen molar-refractivity contribution in [1.82, 2.24) is 0 Å². The Morgan fingerprint density at radius 1 is 1.35 bits per heavy atom. The van der Waals surface area contributed by atoms with Crippen molar-refractivity contribution in [3.8, 4) is 12.1 Å². The molecule has 0 aliphatic carbocycles. The number of nitriles is 2. The molecule has 17 heavy (non-hydrogen) atoms. The third-order valence-electron chi connectivity index (χ3n) is 2.64. The van der Waals surface area contributed by atoms with Crippen molar-refractivity contribution in [1.29, 1.82) is 10.5 Å². The van der Waals surface area contributed by atoms with Gasteiger partial charge in [-0.1, -0.05) is 12.1 Å². The van der Waals surface area contributed by atoms with E-state index in [-0.39, 0.29) is 13.2 Å². The largest absolute Gasteiger partial charge is 0.377 e. The summed E-state index contributed by atoms with van der Waals surface area (Å²) in [5, 5.41) is 20.4. The van der Waals surface area contributed by atoms with Gasteiger partial charge in [0.25, 0.3) is 0 Å². The second kappa shape index (κ2) is 4.25. The maximum Gasteiger partial charge on any atom is 0.249 e. The fraction of sp³-hybridized carbons (Fsp3) is 0.250. The quantitative estimate of drug-likeness (QED) is 0.817. The summed E-state index contributed by atoms with van der Waals surface area (Å²) >= 11 is 0. The van der Waals surface area contributed by atoms with Crippen molar-refractivity contribution < 1.29 is 9.53 Å². The lowest BCUT2D eigenvalue weighted by Gasteiger charge is -2.33. The van der Waals surface area contributed by atoms with Crippen LogP contribution in [0.3, 0.4) is 0 Å². The van der Waals surface area contributed by atoms with Gasteiger partial charge in [-0.25, -0.2) is 0 Å². The third-order valence-corrected chi connectivity index (χ3v) is 2.64. The van der Waals surface area contributed by atoms with E-state index in [0.29, 0.717) is 11.3 Å². The molecule has 1 aromatic carbocycles. The van der Waals surface area contributed by atoms with Crippen LogP contribution in [-0.2, 0) is 9.53 Å². The average Bonchev–Trinajstić information content (AvgIpc) is 2.29. The summed E-state index contributed by atoms with van der Waals surface area (Å²) in [5.41, 5.74) is -0.321. The highest BCUT2D eigenvalue weighted by Gasteiger charge is 2.46. The van der Waals surface area contributed by atoms with Crippen molar-refractivity contribution in [3.63, 3.8) is 0 Å². The fourth-order valence-electron chi connectivity index (χ4n) is 1.48. The van der Waals surface area contributed by atoms with Crippen LogP contribution in [0.15, 0.2) is 24.3 Å². The first kappa shape index (κ1) is 11.1.